The van der Waals surface area contributed by atoms with E-state index in [1.807, 2.05) is 0 Å². The Balaban J connectivity index is 1.79. The van der Waals surface area contributed by atoms with Crippen molar-refractivity contribution in [3.05, 3.63) is 71.9 Å². The first-order valence-corrected chi connectivity index (χ1v) is 7.97. The van der Waals surface area contributed by atoms with Crippen LogP contribution in [0.15, 0.2) is 60.8 Å². The number of nitrogens with one attached hydrogen (secondary N) is 2. The Labute approximate surface area is 153 Å². The van der Waals surface area contributed by atoms with Gasteiger partial charge in [0, 0.05) is 17.4 Å². The number of rotatable bonds is 5. The standard InChI is InChI=1S/C19H15F3N4O/c1-12(27)13-6-8-14(9-7-13)24-18-23-11-10-17(26-18)25-16-5-3-2-4-15(16)19(20,21)22/h2-11H,1H3,(H2,23,24,25,26). The molecule has 3 aromatic rings. The number of hydrogen-bond acceptors (Lipinski definition) is 5. The Bertz CT molecular complexity index is 956. The zero-order valence-electron chi connectivity index (χ0n) is 14.2. The monoisotopic (exact) mass is 372 g/mol. The number of halogens is 3. The summed E-state index contributed by atoms with van der Waals surface area (Å²) in [6.45, 7) is 1.47. The van der Waals surface area contributed by atoms with Crippen LogP contribution in [-0.4, -0.2) is 15.8 Å². The van der Waals surface area contributed by atoms with Crippen LogP contribution in [0.1, 0.15) is 22.8 Å². The minimum Gasteiger partial charge on any atom is -0.340 e. The topological polar surface area (TPSA) is 66.9 Å². The van der Waals surface area contributed by atoms with Crippen molar-refractivity contribution < 1.29 is 18.0 Å². The first kappa shape index (κ1) is 18.4. The van der Waals surface area contributed by atoms with E-state index >= 15 is 0 Å². The minimum atomic E-state index is -4.48. The highest BCUT2D eigenvalue weighted by Gasteiger charge is 2.33. The predicted molar refractivity (Wildman–Crippen MR) is 96.5 cm³/mol. The number of aromatic nitrogens is 2. The first-order chi connectivity index (χ1) is 12.8. The Hall–Kier alpha value is -3.42. The maximum atomic E-state index is 13.1. The van der Waals surface area contributed by atoms with Crippen LogP contribution in [-0.2, 0) is 6.18 Å². The molecule has 0 atom stereocenters. The number of carbonyl (C=O) groups excluding carboxylic acids is 1. The Morgan fingerprint density at radius 2 is 1.67 bits per heavy atom. The van der Waals surface area contributed by atoms with Crippen LogP contribution in [0.5, 0.6) is 0 Å². The summed E-state index contributed by atoms with van der Waals surface area (Å²) in [7, 11) is 0. The van der Waals surface area contributed by atoms with Crippen molar-refractivity contribution in [2.45, 2.75) is 13.1 Å². The molecule has 3 rings (SSSR count). The fourth-order valence-corrected chi connectivity index (χ4v) is 2.38. The first-order valence-electron chi connectivity index (χ1n) is 7.97. The van der Waals surface area contributed by atoms with Gasteiger partial charge in [0.2, 0.25) is 5.95 Å². The van der Waals surface area contributed by atoms with Crippen molar-refractivity contribution in [1.29, 1.82) is 0 Å². The van der Waals surface area contributed by atoms with E-state index in [0.29, 0.717) is 11.3 Å². The van der Waals surface area contributed by atoms with Crippen LogP contribution < -0.4 is 10.6 Å². The quantitative estimate of drug-likeness (QED) is 0.604. The maximum absolute atomic E-state index is 13.1. The molecular weight excluding hydrogens is 357 g/mol. The van der Waals surface area contributed by atoms with Crippen LogP contribution >= 0.6 is 0 Å². The van der Waals surface area contributed by atoms with Crippen molar-refractivity contribution in [3.63, 3.8) is 0 Å². The molecule has 0 aliphatic carbocycles. The van der Waals surface area contributed by atoms with E-state index in [0.717, 1.165) is 6.07 Å². The van der Waals surface area contributed by atoms with Gasteiger partial charge in [-0.25, -0.2) is 4.98 Å². The van der Waals surface area contributed by atoms with Gasteiger partial charge in [0.15, 0.2) is 5.78 Å². The Morgan fingerprint density at radius 3 is 2.33 bits per heavy atom. The molecule has 2 N–H and O–H groups in total. The van der Waals surface area contributed by atoms with E-state index in [1.54, 1.807) is 24.3 Å². The highest BCUT2D eigenvalue weighted by molar-refractivity contribution is 5.94. The predicted octanol–water partition coefficient (Wildman–Crippen LogP) is 5.19. The molecule has 1 heterocycles. The molecule has 1 aromatic heterocycles. The van der Waals surface area contributed by atoms with Crippen LogP contribution in [0.2, 0.25) is 0 Å². The maximum Gasteiger partial charge on any atom is 0.418 e. The van der Waals surface area contributed by atoms with E-state index in [9.17, 15) is 18.0 Å². The Kier molecular flexibility index (Phi) is 5.07. The molecule has 138 valence electrons. The second-order valence-electron chi connectivity index (χ2n) is 5.69. The molecule has 0 fully saturated rings. The van der Waals surface area contributed by atoms with Gasteiger partial charge in [-0.05, 0) is 49.4 Å². The number of alkyl halides is 3. The van der Waals surface area contributed by atoms with E-state index in [2.05, 4.69) is 20.6 Å². The largest absolute Gasteiger partial charge is 0.418 e. The zero-order chi connectivity index (χ0) is 19.4. The summed E-state index contributed by atoms with van der Waals surface area (Å²) in [6, 6.07) is 13.3. The van der Waals surface area contributed by atoms with Crippen molar-refractivity contribution in [1.82, 2.24) is 9.97 Å². The van der Waals surface area contributed by atoms with Gasteiger partial charge in [0.25, 0.3) is 0 Å². The van der Waals surface area contributed by atoms with E-state index in [1.165, 1.54) is 37.4 Å². The SMILES string of the molecule is CC(=O)c1ccc(Nc2nccc(Nc3ccccc3C(F)(F)F)n2)cc1. The zero-order valence-corrected chi connectivity index (χ0v) is 14.2. The molecule has 0 aliphatic heterocycles. The highest BCUT2D eigenvalue weighted by atomic mass is 19.4. The lowest BCUT2D eigenvalue weighted by atomic mass is 10.1. The third-order valence-electron chi connectivity index (χ3n) is 3.70. The van der Waals surface area contributed by atoms with Gasteiger partial charge in [-0.2, -0.15) is 18.2 Å². The molecular formula is C19H15F3N4O. The normalized spacial score (nSPS) is 11.1. The molecule has 5 nitrogen and oxygen atoms in total. The van der Waals surface area contributed by atoms with Crippen LogP contribution in [0.3, 0.4) is 0 Å². The summed E-state index contributed by atoms with van der Waals surface area (Å²) in [4.78, 5) is 19.5. The highest BCUT2D eigenvalue weighted by Crippen LogP contribution is 2.35. The molecule has 0 amide bonds. The number of anilines is 4. The van der Waals surface area contributed by atoms with E-state index < -0.39 is 11.7 Å². The molecule has 0 radical (unpaired) electrons. The number of para-hydroxylation sites is 1. The average molecular weight is 372 g/mol. The second kappa shape index (κ2) is 7.45. The molecule has 8 heteroatoms. The summed E-state index contributed by atoms with van der Waals surface area (Å²) in [5.41, 5.74) is 0.340. The summed E-state index contributed by atoms with van der Waals surface area (Å²) in [5, 5.41) is 5.62. The molecule has 27 heavy (non-hydrogen) atoms. The summed E-state index contributed by atoms with van der Waals surface area (Å²) >= 11 is 0. The van der Waals surface area contributed by atoms with Crippen LogP contribution in [0, 0.1) is 0 Å². The molecule has 0 saturated carbocycles. The lowest BCUT2D eigenvalue weighted by Crippen LogP contribution is -2.09. The van der Waals surface area contributed by atoms with Crippen molar-refractivity contribution in [2.24, 2.45) is 0 Å². The molecule has 2 aromatic carbocycles. The van der Waals surface area contributed by atoms with E-state index in [4.69, 9.17) is 0 Å². The molecule has 0 spiro atoms. The van der Waals surface area contributed by atoms with Gasteiger partial charge in [-0.15, -0.1) is 0 Å². The fraction of sp³-hybridized carbons (Fsp3) is 0.105. The van der Waals surface area contributed by atoms with Gasteiger partial charge >= 0.3 is 6.18 Å². The van der Waals surface area contributed by atoms with Crippen LogP contribution in [0.4, 0.5) is 36.3 Å². The van der Waals surface area contributed by atoms with Crippen molar-refractivity contribution in [3.8, 4) is 0 Å². The molecule has 0 saturated heterocycles. The number of hydrogen-bond donors (Lipinski definition) is 2. The molecule has 0 bridgehead atoms. The third-order valence-corrected chi connectivity index (χ3v) is 3.70. The molecule has 0 aliphatic rings. The van der Waals surface area contributed by atoms with Crippen molar-refractivity contribution >= 4 is 28.9 Å². The Morgan fingerprint density at radius 1 is 0.963 bits per heavy atom. The second-order valence-corrected chi connectivity index (χ2v) is 5.69. The summed E-state index contributed by atoms with van der Waals surface area (Å²) in [6.07, 6.45) is -3.05. The van der Waals surface area contributed by atoms with Crippen molar-refractivity contribution in [2.75, 3.05) is 10.6 Å². The van der Waals surface area contributed by atoms with Gasteiger partial charge in [-0.1, -0.05) is 12.1 Å². The minimum absolute atomic E-state index is 0.0488. The fourth-order valence-electron chi connectivity index (χ4n) is 2.38. The van der Waals surface area contributed by atoms with Crippen LogP contribution in [0.25, 0.3) is 0 Å². The lowest BCUT2D eigenvalue weighted by Gasteiger charge is -2.14. The number of ketones is 1. The number of Topliss-reactive ketones (excluding diaryl/α,β-unsaturated/α-hetero) is 1. The van der Waals surface area contributed by atoms with Gasteiger partial charge in [-0.3, -0.25) is 4.79 Å². The third kappa shape index (κ3) is 4.60. The van der Waals surface area contributed by atoms with E-state index in [-0.39, 0.29) is 23.2 Å². The average Bonchev–Trinajstić information content (AvgIpc) is 2.62. The number of carbonyl (C=O) groups is 1. The molecule has 0 unspecified atom stereocenters. The number of benzene rings is 2. The van der Waals surface area contributed by atoms with Gasteiger partial charge < -0.3 is 10.6 Å². The summed E-state index contributed by atoms with van der Waals surface area (Å²) < 4.78 is 39.3. The smallest absolute Gasteiger partial charge is 0.340 e. The summed E-state index contributed by atoms with van der Waals surface area (Å²) in [5.74, 6) is 0.372. The number of nitrogens with zero attached hydrogens (tertiary/aromatic N) is 2. The van der Waals surface area contributed by atoms with Gasteiger partial charge in [0.1, 0.15) is 5.82 Å². The lowest BCUT2D eigenvalue weighted by molar-refractivity contribution is -0.136. The van der Waals surface area contributed by atoms with Gasteiger partial charge in [0.05, 0.1) is 11.3 Å².